The van der Waals surface area contributed by atoms with Gasteiger partial charge < -0.3 is 9.26 Å². The lowest BCUT2D eigenvalue weighted by atomic mass is 9.94. The predicted molar refractivity (Wildman–Crippen MR) is 95.2 cm³/mol. The summed E-state index contributed by atoms with van der Waals surface area (Å²) in [6, 6.07) is 16.3. The molecule has 1 aliphatic carbocycles. The molecule has 2 aromatic carbocycles. The Balaban J connectivity index is 1.52. The van der Waals surface area contributed by atoms with Gasteiger partial charge in [-0.1, -0.05) is 61.2 Å². The molecule has 0 saturated heterocycles. The molecule has 1 heterocycles. The summed E-state index contributed by atoms with van der Waals surface area (Å²) in [5, 5.41) is 5.54. The van der Waals surface area contributed by atoms with Crippen molar-refractivity contribution in [2.75, 3.05) is 0 Å². The zero-order valence-electron chi connectivity index (χ0n) is 13.9. The lowest BCUT2D eigenvalue weighted by molar-refractivity contribution is 0.306. The largest absolute Gasteiger partial charge is 0.489 e. The molecule has 0 bridgehead atoms. The van der Waals surface area contributed by atoms with E-state index in [0.717, 1.165) is 28.0 Å². The molecule has 0 amide bonds. The van der Waals surface area contributed by atoms with Gasteiger partial charge in [-0.05, 0) is 30.5 Å². The van der Waals surface area contributed by atoms with Crippen LogP contribution < -0.4 is 4.74 Å². The second-order valence-electron chi connectivity index (χ2n) is 6.69. The number of benzene rings is 2. The molecule has 124 valence electrons. The molecule has 3 heteroatoms. The number of nitrogens with zero attached hydrogens (tertiary/aromatic N) is 1. The lowest BCUT2D eigenvalue weighted by Crippen LogP contribution is -1.98. The molecule has 4 rings (SSSR count). The molecule has 3 aromatic rings. The number of fused-ring (bicyclic) bond motifs is 1. The Labute approximate surface area is 142 Å². The standard InChI is InChI=1S/C21H23NO2/c1-2-7-11-17(10-6-1)21-19-13-12-18(14-20(19)24-22-21)23-15-16-8-4-3-5-9-16/h3-5,8-9,12-14,17H,1-2,6-7,10-11,15H2. The normalized spacial score (nSPS) is 16.2. The van der Waals surface area contributed by atoms with E-state index in [0.29, 0.717) is 12.5 Å². The average Bonchev–Trinajstić information content (AvgIpc) is 2.86. The van der Waals surface area contributed by atoms with Gasteiger partial charge in [0, 0.05) is 17.4 Å². The smallest absolute Gasteiger partial charge is 0.170 e. The zero-order chi connectivity index (χ0) is 16.2. The minimum Gasteiger partial charge on any atom is -0.489 e. The predicted octanol–water partition coefficient (Wildman–Crippen LogP) is 5.84. The molecule has 3 nitrogen and oxygen atoms in total. The van der Waals surface area contributed by atoms with Gasteiger partial charge >= 0.3 is 0 Å². The van der Waals surface area contributed by atoms with E-state index in [-0.39, 0.29) is 0 Å². The van der Waals surface area contributed by atoms with Gasteiger partial charge in [-0.2, -0.15) is 0 Å². The molecule has 24 heavy (non-hydrogen) atoms. The molecular formula is C21H23NO2. The second-order valence-corrected chi connectivity index (χ2v) is 6.69. The van der Waals surface area contributed by atoms with E-state index in [2.05, 4.69) is 23.4 Å². The van der Waals surface area contributed by atoms with Crippen LogP contribution in [-0.2, 0) is 6.61 Å². The molecule has 1 aromatic heterocycles. The number of aromatic nitrogens is 1. The summed E-state index contributed by atoms with van der Waals surface area (Å²) in [5.74, 6) is 1.37. The van der Waals surface area contributed by atoms with Crippen LogP contribution in [0.2, 0.25) is 0 Å². The van der Waals surface area contributed by atoms with Gasteiger partial charge in [0.15, 0.2) is 5.58 Å². The Hall–Kier alpha value is -2.29. The first-order valence-corrected chi connectivity index (χ1v) is 8.96. The molecular weight excluding hydrogens is 298 g/mol. The van der Waals surface area contributed by atoms with Crippen molar-refractivity contribution in [2.24, 2.45) is 0 Å². The van der Waals surface area contributed by atoms with Crippen molar-refractivity contribution in [1.29, 1.82) is 0 Å². The van der Waals surface area contributed by atoms with E-state index in [1.54, 1.807) is 0 Å². The van der Waals surface area contributed by atoms with Gasteiger partial charge in [0.2, 0.25) is 0 Å². The Morgan fingerprint density at radius 3 is 2.54 bits per heavy atom. The van der Waals surface area contributed by atoms with Crippen LogP contribution in [0.3, 0.4) is 0 Å². The molecule has 0 unspecified atom stereocenters. The SMILES string of the molecule is c1ccc(COc2ccc3c(C4CCCCCC4)noc3c2)cc1. The molecule has 1 saturated carbocycles. The fraction of sp³-hybridized carbons (Fsp3) is 0.381. The maximum Gasteiger partial charge on any atom is 0.170 e. The van der Waals surface area contributed by atoms with Crippen LogP contribution in [0.4, 0.5) is 0 Å². The molecule has 1 fully saturated rings. The van der Waals surface area contributed by atoms with Crippen molar-refractivity contribution in [3.63, 3.8) is 0 Å². The van der Waals surface area contributed by atoms with Crippen LogP contribution in [0, 0.1) is 0 Å². The highest BCUT2D eigenvalue weighted by molar-refractivity contribution is 5.81. The van der Waals surface area contributed by atoms with Crippen molar-refractivity contribution in [3.8, 4) is 5.75 Å². The first-order chi connectivity index (χ1) is 11.9. The Kier molecular flexibility index (Phi) is 4.50. The van der Waals surface area contributed by atoms with Crippen molar-refractivity contribution in [2.45, 2.75) is 51.0 Å². The van der Waals surface area contributed by atoms with Gasteiger partial charge in [0.25, 0.3) is 0 Å². The van der Waals surface area contributed by atoms with Crippen LogP contribution >= 0.6 is 0 Å². The van der Waals surface area contributed by atoms with E-state index in [1.807, 2.05) is 30.3 Å². The topological polar surface area (TPSA) is 35.3 Å². The highest BCUT2D eigenvalue weighted by Gasteiger charge is 2.20. The van der Waals surface area contributed by atoms with Crippen molar-refractivity contribution in [3.05, 3.63) is 59.8 Å². The van der Waals surface area contributed by atoms with Gasteiger partial charge in [-0.3, -0.25) is 0 Å². The zero-order valence-corrected chi connectivity index (χ0v) is 13.9. The van der Waals surface area contributed by atoms with E-state index < -0.39 is 0 Å². The highest BCUT2D eigenvalue weighted by atomic mass is 16.5. The third-order valence-corrected chi connectivity index (χ3v) is 4.96. The summed E-state index contributed by atoms with van der Waals surface area (Å²) in [4.78, 5) is 0. The minimum absolute atomic E-state index is 0.546. The van der Waals surface area contributed by atoms with E-state index in [9.17, 15) is 0 Å². The summed E-state index contributed by atoms with van der Waals surface area (Å²) in [6.07, 6.45) is 7.77. The summed E-state index contributed by atoms with van der Waals surface area (Å²) < 4.78 is 11.5. The number of rotatable bonds is 4. The highest BCUT2D eigenvalue weighted by Crippen LogP contribution is 2.35. The third kappa shape index (κ3) is 3.30. The van der Waals surface area contributed by atoms with E-state index in [1.165, 1.54) is 38.5 Å². The quantitative estimate of drug-likeness (QED) is 0.566. The van der Waals surface area contributed by atoms with Gasteiger partial charge in [-0.25, -0.2) is 0 Å². The van der Waals surface area contributed by atoms with Crippen LogP contribution in [0.25, 0.3) is 11.0 Å². The van der Waals surface area contributed by atoms with Gasteiger partial charge in [0.05, 0.1) is 5.69 Å². The molecule has 0 atom stereocenters. The minimum atomic E-state index is 0.546. The Bertz CT molecular complexity index is 786. The molecule has 0 N–H and O–H groups in total. The Morgan fingerprint density at radius 1 is 0.958 bits per heavy atom. The van der Waals surface area contributed by atoms with E-state index in [4.69, 9.17) is 9.26 Å². The van der Waals surface area contributed by atoms with Gasteiger partial charge in [0.1, 0.15) is 12.4 Å². The lowest BCUT2D eigenvalue weighted by Gasteiger charge is -2.10. The molecule has 1 aliphatic rings. The van der Waals surface area contributed by atoms with Crippen molar-refractivity contribution in [1.82, 2.24) is 5.16 Å². The first kappa shape index (κ1) is 15.3. The summed E-state index contributed by atoms with van der Waals surface area (Å²) in [7, 11) is 0. The maximum atomic E-state index is 5.89. The van der Waals surface area contributed by atoms with Crippen LogP contribution in [0.15, 0.2) is 53.1 Å². The first-order valence-electron chi connectivity index (χ1n) is 8.96. The number of hydrogen-bond acceptors (Lipinski definition) is 3. The average molecular weight is 321 g/mol. The molecule has 0 spiro atoms. The second kappa shape index (κ2) is 7.08. The van der Waals surface area contributed by atoms with Crippen molar-refractivity contribution < 1.29 is 9.26 Å². The van der Waals surface area contributed by atoms with Crippen molar-refractivity contribution >= 4 is 11.0 Å². The van der Waals surface area contributed by atoms with Gasteiger partial charge in [-0.15, -0.1) is 0 Å². The van der Waals surface area contributed by atoms with Crippen LogP contribution in [-0.4, -0.2) is 5.16 Å². The van der Waals surface area contributed by atoms with Crippen LogP contribution in [0.5, 0.6) is 5.75 Å². The summed E-state index contributed by atoms with van der Waals surface area (Å²) >= 11 is 0. The molecule has 0 aliphatic heterocycles. The summed E-state index contributed by atoms with van der Waals surface area (Å²) in [5.41, 5.74) is 3.13. The summed E-state index contributed by atoms with van der Waals surface area (Å²) in [6.45, 7) is 0.565. The van der Waals surface area contributed by atoms with Crippen LogP contribution in [0.1, 0.15) is 55.7 Å². The number of hydrogen-bond donors (Lipinski definition) is 0. The fourth-order valence-corrected chi connectivity index (χ4v) is 3.62. The monoisotopic (exact) mass is 321 g/mol. The third-order valence-electron chi connectivity index (χ3n) is 4.96. The molecule has 0 radical (unpaired) electrons. The van der Waals surface area contributed by atoms with E-state index >= 15 is 0 Å². The Morgan fingerprint density at radius 2 is 1.75 bits per heavy atom. The fourth-order valence-electron chi connectivity index (χ4n) is 3.62. The number of ether oxygens (including phenoxy) is 1. The maximum absolute atomic E-state index is 5.89.